The van der Waals surface area contributed by atoms with Gasteiger partial charge in [-0.25, -0.2) is 5.01 Å². The maximum Gasteiger partial charge on any atom is 0.305 e. The van der Waals surface area contributed by atoms with Crippen LogP contribution in [0.5, 0.6) is 17.2 Å². The summed E-state index contributed by atoms with van der Waals surface area (Å²) >= 11 is 7.44. The van der Waals surface area contributed by atoms with Gasteiger partial charge in [-0.15, -0.1) is 11.8 Å². The number of hydrazine groups is 1. The molecular weight excluding hydrogens is 574 g/mol. The highest BCUT2D eigenvalue weighted by Crippen LogP contribution is 2.45. The predicted octanol–water partition coefficient (Wildman–Crippen LogP) is 4.38. The number of benzene rings is 3. The summed E-state index contributed by atoms with van der Waals surface area (Å²) in [6.45, 7) is 0. The monoisotopic (exact) mass is 599 g/mol. The smallest absolute Gasteiger partial charge is 0.305 e. The Balaban J connectivity index is 1.49. The van der Waals surface area contributed by atoms with Gasteiger partial charge in [-0.1, -0.05) is 29.8 Å². The Morgan fingerprint density at radius 1 is 0.927 bits per heavy atom. The highest BCUT2D eigenvalue weighted by molar-refractivity contribution is 8.01. The molecule has 1 aliphatic heterocycles. The van der Waals surface area contributed by atoms with E-state index >= 15 is 0 Å². The summed E-state index contributed by atoms with van der Waals surface area (Å²) in [4.78, 5) is 50.4. The Morgan fingerprint density at radius 3 is 2.12 bits per heavy atom. The number of ether oxygens (including phenoxy) is 3. The third kappa shape index (κ3) is 6.50. The van der Waals surface area contributed by atoms with Crippen molar-refractivity contribution in [2.75, 3.05) is 26.6 Å². The van der Waals surface area contributed by atoms with E-state index in [0.29, 0.717) is 33.5 Å². The molecule has 0 bridgehead atoms. The average molecular weight is 600 g/mol. The average Bonchev–Trinajstić information content (AvgIpc) is 3.26. The van der Waals surface area contributed by atoms with Gasteiger partial charge in [-0.05, 0) is 42.5 Å². The second-order valence-electron chi connectivity index (χ2n) is 8.69. The summed E-state index contributed by atoms with van der Waals surface area (Å²) in [6.07, 6.45) is -0.406. The highest BCUT2D eigenvalue weighted by atomic mass is 35.5. The largest absolute Gasteiger partial charge is 0.493 e. The van der Waals surface area contributed by atoms with Gasteiger partial charge in [0.25, 0.3) is 17.7 Å². The molecule has 13 heteroatoms. The predicted molar refractivity (Wildman–Crippen MR) is 153 cm³/mol. The molecule has 3 aromatic carbocycles. The molecule has 41 heavy (non-hydrogen) atoms. The van der Waals surface area contributed by atoms with Crippen molar-refractivity contribution < 1.29 is 38.5 Å². The summed E-state index contributed by atoms with van der Waals surface area (Å²) in [6, 6.07) is 15.9. The van der Waals surface area contributed by atoms with Crippen LogP contribution in [0.2, 0.25) is 5.02 Å². The normalized spacial score (nSPS) is 16.2. The number of nitrogens with one attached hydrogen (secondary N) is 2. The van der Waals surface area contributed by atoms with Crippen molar-refractivity contribution in [3.8, 4) is 17.2 Å². The lowest BCUT2D eigenvalue weighted by Crippen LogP contribution is -2.46. The highest BCUT2D eigenvalue weighted by Gasteiger charge is 2.43. The second-order valence-corrected chi connectivity index (χ2v) is 10.4. The van der Waals surface area contributed by atoms with Crippen LogP contribution in [0.1, 0.15) is 38.1 Å². The summed E-state index contributed by atoms with van der Waals surface area (Å²) in [5.74, 6) is -1.75. The van der Waals surface area contributed by atoms with Gasteiger partial charge in [0, 0.05) is 27.4 Å². The fourth-order valence-corrected chi connectivity index (χ4v) is 5.85. The van der Waals surface area contributed by atoms with Crippen molar-refractivity contribution in [1.29, 1.82) is 0 Å². The number of hydrogen-bond donors (Lipinski definition) is 3. The van der Waals surface area contributed by atoms with E-state index in [4.69, 9.17) is 25.8 Å². The number of anilines is 1. The zero-order chi connectivity index (χ0) is 29.7. The number of nitrogens with zero attached hydrogens (tertiary/aromatic N) is 1. The van der Waals surface area contributed by atoms with E-state index in [1.807, 2.05) is 0 Å². The van der Waals surface area contributed by atoms with Crippen molar-refractivity contribution >= 4 is 52.7 Å². The molecule has 3 amide bonds. The molecule has 2 unspecified atom stereocenters. The SMILES string of the molecule is COc1cc(C(=O)Nc2ccc(C(=O)NN3C(=O)C(CC(=O)O)SC3c3ccccc3Cl)cc2)cc(OC)c1OC. The van der Waals surface area contributed by atoms with Crippen LogP contribution in [-0.4, -0.2) is 60.4 Å². The van der Waals surface area contributed by atoms with Gasteiger partial charge in [-0.3, -0.25) is 24.6 Å². The number of aliphatic carboxylic acids is 1. The lowest BCUT2D eigenvalue weighted by Gasteiger charge is -2.25. The molecule has 1 fully saturated rings. The van der Waals surface area contributed by atoms with Gasteiger partial charge in [0.1, 0.15) is 5.37 Å². The second kappa shape index (κ2) is 12.8. The standard InChI is InChI=1S/C28H26ClN3O8S/c1-38-20-12-16(13-21(39-2)24(20)40-3)25(35)30-17-10-8-15(9-11-17)26(36)31-32-27(37)22(14-23(33)34)41-28(32)18-6-4-5-7-19(18)29/h4-13,22,28H,14H2,1-3H3,(H,30,35)(H,31,36)(H,33,34). The van der Waals surface area contributed by atoms with Crippen LogP contribution in [0, 0.1) is 0 Å². The fourth-order valence-electron chi connectivity index (χ4n) is 4.14. The van der Waals surface area contributed by atoms with Gasteiger partial charge in [0.2, 0.25) is 5.75 Å². The number of halogens is 1. The van der Waals surface area contributed by atoms with Gasteiger partial charge in [0.15, 0.2) is 11.5 Å². The summed E-state index contributed by atoms with van der Waals surface area (Å²) in [7, 11) is 4.35. The third-order valence-electron chi connectivity index (χ3n) is 6.13. The quantitative estimate of drug-likeness (QED) is 0.309. The third-order valence-corrected chi connectivity index (χ3v) is 7.89. The molecule has 1 aliphatic rings. The van der Waals surface area contributed by atoms with E-state index < -0.39 is 40.7 Å². The first-order valence-electron chi connectivity index (χ1n) is 12.1. The van der Waals surface area contributed by atoms with Crippen molar-refractivity contribution in [2.45, 2.75) is 17.0 Å². The maximum absolute atomic E-state index is 13.1. The molecule has 3 aromatic rings. The van der Waals surface area contributed by atoms with Crippen LogP contribution in [0.4, 0.5) is 5.69 Å². The Bertz CT molecular complexity index is 1460. The van der Waals surface area contributed by atoms with Crippen LogP contribution < -0.4 is 25.0 Å². The van der Waals surface area contributed by atoms with Crippen LogP contribution in [-0.2, 0) is 9.59 Å². The van der Waals surface area contributed by atoms with Gasteiger partial charge < -0.3 is 24.6 Å². The maximum atomic E-state index is 13.1. The number of carboxylic acid groups (broad SMARTS) is 1. The molecule has 1 heterocycles. The van der Waals surface area contributed by atoms with E-state index in [1.54, 1.807) is 24.3 Å². The van der Waals surface area contributed by atoms with Crippen molar-refractivity contribution in [2.24, 2.45) is 0 Å². The molecule has 0 aromatic heterocycles. The van der Waals surface area contributed by atoms with Crippen molar-refractivity contribution in [1.82, 2.24) is 10.4 Å². The fraction of sp³-hybridized carbons (Fsp3) is 0.214. The molecule has 3 N–H and O–H groups in total. The van der Waals surface area contributed by atoms with Gasteiger partial charge in [0.05, 0.1) is 33.0 Å². The number of thioether (sulfide) groups is 1. The Labute approximate surface area is 244 Å². The van der Waals surface area contributed by atoms with Gasteiger partial charge in [-0.2, -0.15) is 0 Å². The van der Waals surface area contributed by atoms with Crippen molar-refractivity contribution in [3.63, 3.8) is 0 Å². The minimum absolute atomic E-state index is 0.202. The van der Waals surface area contributed by atoms with Gasteiger partial charge >= 0.3 is 5.97 Å². The molecule has 2 atom stereocenters. The van der Waals surface area contributed by atoms with E-state index in [-0.39, 0.29) is 11.1 Å². The van der Waals surface area contributed by atoms with Crippen LogP contribution >= 0.6 is 23.4 Å². The summed E-state index contributed by atoms with van der Waals surface area (Å²) < 4.78 is 15.9. The molecule has 1 saturated heterocycles. The topological polar surface area (TPSA) is 143 Å². The van der Waals surface area contributed by atoms with Crippen LogP contribution in [0.15, 0.2) is 60.7 Å². The first-order valence-corrected chi connectivity index (χ1v) is 13.5. The molecule has 11 nitrogen and oxygen atoms in total. The first-order chi connectivity index (χ1) is 19.7. The molecule has 0 saturated carbocycles. The number of hydrogen-bond acceptors (Lipinski definition) is 8. The lowest BCUT2D eigenvalue weighted by molar-refractivity contribution is -0.140. The van der Waals surface area contributed by atoms with Crippen molar-refractivity contribution in [3.05, 3.63) is 82.4 Å². The number of carboxylic acids is 1. The molecular formula is C28H26ClN3O8S. The number of rotatable bonds is 10. The Hall–Kier alpha value is -4.42. The first kappa shape index (κ1) is 29.6. The number of carbonyl (C=O) groups is 4. The number of amides is 3. The van der Waals surface area contributed by atoms with Crippen LogP contribution in [0.25, 0.3) is 0 Å². The molecule has 0 radical (unpaired) electrons. The minimum Gasteiger partial charge on any atom is -0.493 e. The zero-order valence-electron chi connectivity index (χ0n) is 22.2. The molecule has 4 rings (SSSR count). The Morgan fingerprint density at radius 2 is 1.56 bits per heavy atom. The summed E-state index contributed by atoms with van der Waals surface area (Å²) in [5.41, 5.74) is 4.02. The van der Waals surface area contributed by atoms with E-state index in [2.05, 4.69) is 10.7 Å². The van der Waals surface area contributed by atoms with E-state index in [1.165, 1.54) is 57.7 Å². The molecule has 0 spiro atoms. The van der Waals surface area contributed by atoms with E-state index in [0.717, 1.165) is 16.8 Å². The van der Waals surface area contributed by atoms with E-state index in [9.17, 15) is 24.3 Å². The summed E-state index contributed by atoms with van der Waals surface area (Å²) in [5, 5.41) is 11.8. The van der Waals surface area contributed by atoms with Crippen LogP contribution in [0.3, 0.4) is 0 Å². The number of carbonyl (C=O) groups excluding carboxylic acids is 3. The zero-order valence-corrected chi connectivity index (χ0v) is 23.7. The molecule has 214 valence electrons. The number of methoxy groups -OCH3 is 3. The molecule has 0 aliphatic carbocycles. The minimum atomic E-state index is -1.13. The lowest BCUT2D eigenvalue weighted by atomic mass is 10.1. The Kier molecular flexibility index (Phi) is 9.25.